The number of hydrogen-bond acceptors (Lipinski definition) is 3. The van der Waals surface area contributed by atoms with Gasteiger partial charge < -0.3 is 0 Å². The van der Waals surface area contributed by atoms with Crippen LogP contribution in [0.4, 0.5) is 0 Å². The Kier molecular flexibility index (Phi) is 2.45. The highest BCUT2D eigenvalue weighted by molar-refractivity contribution is 9.11. The molecule has 5 heteroatoms. The number of halogens is 1. The smallest absolute Gasteiger partial charge is 0.0992 e. The Hall–Kier alpha value is -0.680. The third-order valence-electron chi connectivity index (χ3n) is 1.96. The van der Waals surface area contributed by atoms with Crippen molar-refractivity contribution in [2.24, 2.45) is 7.05 Å². The Morgan fingerprint density at radius 1 is 1.43 bits per heavy atom. The van der Waals surface area contributed by atoms with Crippen LogP contribution in [-0.2, 0) is 7.05 Å². The fourth-order valence-electron chi connectivity index (χ4n) is 1.40. The van der Waals surface area contributed by atoms with Crippen molar-refractivity contribution in [2.45, 2.75) is 13.8 Å². The molecule has 14 heavy (non-hydrogen) atoms. The van der Waals surface area contributed by atoms with Gasteiger partial charge in [-0.2, -0.15) is 5.10 Å². The standard InChI is InChI=1S/C9H10BrN3S/c1-5-7(4-13(3)12-5)8-9(10)14-6(2)11-8/h4H,1-3H3. The molecule has 0 N–H and O–H groups in total. The molecule has 0 aromatic carbocycles. The Morgan fingerprint density at radius 2 is 2.14 bits per heavy atom. The summed E-state index contributed by atoms with van der Waals surface area (Å²) in [6, 6.07) is 0. The molecule has 0 unspecified atom stereocenters. The highest BCUT2D eigenvalue weighted by Crippen LogP contribution is 2.33. The second-order valence-corrected chi connectivity index (χ2v) is 5.68. The first-order valence-electron chi connectivity index (χ1n) is 4.21. The van der Waals surface area contributed by atoms with Crippen molar-refractivity contribution >= 4 is 27.3 Å². The van der Waals surface area contributed by atoms with Crippen molar-refractivity contribution in [3.05, 3.63) is 20.7 Å². The van der Waals surface area contributed by atoms with Gasteiger partial charge in [-0.1, -0.05) is 0 Å². The van der Waals surface area contributed by atoms with Crippen molar-refractivity contribution < 1.29 is 0 Å². The maximum Gasteiger partial charge on any atom is 0.0992 e. The molecule has 0 aliphatic heterocycles. The number of nitrogens with zero attached hydrogens (tertiary/aromatic N) is 3. The zero-order valence-corrected chi connectivity index (χ0v) is 10.6. The summed E-state index contributed by atoms with van der Waals surface area (Å²) in [7, 11) is 1.92. The predicted molar refractivity (Wildman–Crippen MR) is 61.5 cm³/mol. The Balaban J connectivity index is 2.59. The van der Waals surface area contributed by atoms with Crippen LogP contribution in [0.2, 0.25) is 0 Å². The van der Waals surface area contributed by atoms with E-state index in [0.29, 0.717) is 0 Å². The van der Waals surface area contributed by atoms with E-state index >= 15 is 0 Å². The summed E-state index contributed by atoms with van der Waals surface area (Å²) in [5.41, 5.74) is 3.11. The highest BCUT2D eigenvalue weighted by atomic mass is 79.9. The Labute approximate surface area is 94.9 Å². The van der Waals surface area contributed by atoms with Gasteiger partial charge in [-0.3, -0.25) is 4.68 Å². The van der Waals surface area contributed by atoms with Crippen LogP contribution in [0.5, 0.6) is 0 Å². The molecule has 0 radical (unpaired) electrons. The number of thiazole rings is 1. The molecule has 2 aromatic heterocycles. The molecule has 2 rings (SSSR count). The second-order valence-electron chi connectivity index (χ2n) is 3.16. The SMILES string of the molecule is Cc1nc(-c2cn(C)nc2C)c(Br)s1. The molecule has 3 nitrogen and oxygen atoms in total. The lowest BCUT2D eigenvalue weighted by atomic mass is 10.2. The highest BCUT2D eigenvalue weighted by Gasteiger charge is 2.13. The van der Waals surface area contributed by atoms with Gasteiger partial charge in [-0.15, -0.1) is 11.3 Å². The molecule has 0 spiro atoms. The summed E-state index contributed by atoms with van der Waals surface area (Å²) in [6.07, 6.45) is 1.99. The lowest BCUT2D eigenvalue weighted by Gasteiger charge is -1.92. The van der Waals surface area contributed by atoms with E-state index in [4.69, 9.17) is 0 Å². The van der Waals surface area contributed by atoms with Crippen molar-refractivity contribution in [3.8, 4) is 11.3 Å². The fraction of sp³-hybridized carbons (Fsp3) is 0.333. The average Bonchev–Trinajstić information content (AvgIpc) is 2.55. The third kappa shape index (κ3) is 1.62. The van der Waals surface area contributed by atoms with Gasteiger partial charge in [0.1, 0.15) is 0 Å². The molecule has 0 saturated carbocycles. The average molecular weight is 272 g/mol. The van der Waals surface area contributed by atoms with Crippen molar-refractivity contribution in [2.75, 3.05) is 0 Å². The minimum atomic E-state index is 0.998. The summed E-state index contributed by atoms with van der Waals surface area (Å²) >= 11 is 5.17. The van der Waals surface area contributed by atoms with Crippen LogP contribution in [0.1, 0.15) is 10.7 Å². The molecular formula is C9H10BrN3S. The van der Waals surface area contributed by atoms with Crippen LogP contribution in [0.25, 0.3) is 11.3 Å². The van der Waals surface area contributed by atoms with Gasteiger partial charge in [0.05, 0.1) is 20.2 Å². The van der Waals surface area contributed by atoms with E-state index in [1.807, 2.05) is 31.8 Å². The summed E-state index contributed by atoms with van der Waals surface area (Å²) < 4.78 is 2.89. The molecule has 0 bridgehead atoms. The van der Waals surface area contributed by atoms with Crippen LogP contribution in [0.15, 0.2) is 9.98 Å². The summed E-state index contributed by atoms with van der Waals surface area (Å²) in [5.74, 6) is 0. The van der Waals surface area contributed by atoms with Gasteiger partial charge in [-0.25, -0.2) is 4.98 Å². The minimum absolute atomic E-state index is 0.998. The molecule has 0 amide bonds. The molecule has 2 heterocycles. The largest absolute Gasteiger partial charge is 0.275 e. The van der Waals surface area contributed by atoms with Gasteiger partial charge in [0.2, 0.25) is 0 Å². The zero-order valence-electron chi connectivity index (χ0n) is 8.21. The number of rotatable bonds is 1. The molecule has 0 aliphatic rings. The van der Waals surface area contributed by atoms with Crippen LogP contribution in [0.3, 0.4) is 0 Å². The number of aryl methyl sites for hydroxylation is 3. The van der Waals surface area contributed by atoms with E-state index in [-0.39, 0.29) is 0 Å². The monoisotopic (exact) mass is 271 g/mol. The van der Waals surface area contributed by atoms with Crippen molar-refractivity contribution in [1.82, 2.24) is 14.8 Å². The van der Waals surface area contributed by atoms with E-state index in [9.17, 15) is 0 Å². The third-order valence-corrected chi connectivity index (χ3v) is 3.58. The number of aromatic nitrogens is 3. The van der Waals surface area contributed by atoms with Gasteiger partial charge in [0, 0.05) is 18.8 Å². The van der Waals surface area contributed by atoms with Crippen molar-refractivity contribution in [1.29, 1.82) is 0 Å². The fourth-order valence-corrected chi connectivity index (χ4v) is 3.05. The number of hydrogen-bond donors (Lipinski definition) is 0. The topological polar surface area (TPSA) is 30.7 Å². The molecular weight excluding hydrogens is 262 g/mol. The Bertz CT molecular complexity index is 428. The van der Waals surface area contributed by atoms with Crippen LogP contribution >= 0.6 is 27.3 Å². The van der Waals surface area contributed by atoms with E-state index in [1.54, 1.807) is 11.3 Å². The first-order chi connectivity index (χ1) is 6.58. The van der Waals surface area contributed by atoms with Crippen LogP contribution in [-0.4, -0.2) is 14.8 Å². The quantitative estimate of drug-likeness (QED) is 0.799. The summed E-state index contributed by atoms with van der Waals surface area (Å²) in [4.78, 5) is 4.47. The first-order valence-corrected chi connectivity index (χ1v) is 5.82. The normalized spacial score (nSPS) is 10.9. The van der Waals surface area contributed by atoms with Gasteiger partial charge in [0.25, 0.3) is 0 Å². The van der Waals surface area contributed by atoms with E-state index in [0.717, 1.165) is 25.7 Å². The summed E-state index contributed by atoms with van der Waals surface area (Å²) in [6.45, 7) is 4.00. The molecule has 0 fully saturated rings. The summed E-state index contributed by atoms with van der Waals surface area (Å²) in [5, 5.41) is 5.36. The van der Waals surface area contributed by atoms with E-state index < -0.39 is 0 Å². The maximum absolute atomic E-state index is 4.47. The van der Waals surface area contributed by atoms with E-state index in [2.05, 4.69) is 26.0 Å². The lowest BCUT2D eigenvalue weighted by Crippen LogP contribution is -1.86. The van der Waals surface area contributed by atoms with Gasteiger partial charge >= 0.3 is 0 Å². The predicted octanol–water partition coefficient (Wildman–Crippen LogP) is 2.92. The molecule has 0 saturated heterocycles. The Morgan fingerprint density at radius 3 is 2.57 bits per heavy atom. The molecule has 0 atom stereocenters. The van der Waals surface area contributed by atoms with Crippen LogP contribution < -0.4 is 0 Å². The van der Waals surface area contributed by atoms with Crippen LogP contribution in [0, 0.1) is 13.8 Å². The van der Waals surface area contributed by atoms with E-state index in [1.165, 1.54) is 0 Å². The molecule has 0 aliphatic carbocycles. The van der Waals surface area contributed by atoms with Gasteiger partial charge in [0.15, 0.2) is 0 Å². The zero-order chi connectivity index (χ0) is 10.3. The molecule has 2 aromatic rings. The lowest BCUT2D eigenvalue weighted by molar-refractivity contribution is 0.756. The van der Waals surface area contributed by atoms with Gasteiger partial charge in [-0.05, 0) is 29.8 Å². The minimum Gasteiger partial charge on any atom is -0.275 e. The molecule has 74 valence electrons. The first kappa shape index (κ1) is 9.86. The maximum atomic E-state index is 4.47. The van der Waals surface area contributed by atoms with Crippen molar-refractivity contribution in [3.63, 3.8) is 0 Å². The second kappa shape index (κ2) is 3.47.